The minimum atomic E-state index is -0.158. The predicted octanol–water partition coefficient (Wildman–Crippen LogP) is 3.54. The van der Waals surface area contributed by atoms with Crippen molar-refractivity contribution in [3.8, 4) is 5.75 Å². The van der Waals surface area contributed by atoms with Gasteiger partial charge in [0, 0.05) is 6.20 Å². The molecule has 0 unspecified atom stereocenters. The average Bonchev–Trinajstić information content (AvgIpc) is 2.94. The molecule has 1 saturated heterocycles. The summed E-state index contributed by atoms with van der Waals surface area (Å²) in [4.78, 5) is 21.0. The van der Waals surface area contributed by atoms with E-state index >= 15 is 0 Å². The van der Waals surface area contributed by atoms with Gasteiger partial charge in [-0.3, -0.25) is 9.78 Å². The molecular weight excluding hydrogens is 322 g/mol. The minimum Gasteiger partial charge on any atom is -0.490 e. The third-order valence-corrected chi connectivity index (χ3v) is 3.98. The van der Waals surface area contributed by atoms with Crippen molar-refractivity contribution in [2.24, 2.45) is 4.99 Å². The lowest BCUT2D eigenvalue weighted by Crippen LogP contribution is -2.19. The van der Waals surface area contributed by atoms with Crippen LogP contribution in [0.2, 0.25) is 0 Å². The molecule has 2 aromatic rings. The van der Waals surface area contributed by atoms with E-state index in [1.807, 2.05) is 36.4 Å². The number of carbonyl (C=O) groups is 1. The molecule has 0 aliphatic carbocycles. The summed E-state index contributed by atoms with van der Waals surface area (Å²) in [5.74, 6) is 0.606. The SMILES string of the molecule is C=CCOc1ccc(C=C2SC(=Nc3cccnc3)NC2=O)cc1. The molecule has 0 spiro atoms. The number of hydrogen-bond acceptors (Lipinski definition) is 5. The van der Waals surface area contributed by atoms with E-state index in [4.69, 9.17) is 4.74 Å². The quantitative estimate of drug-likeness (QED) is 0.669. The molecule has 120 valence electrons. The number of rotatable bonds is 5. The predicted molar refractivity (Wildman–Crippen MR) is 97.2 cm³/mol. The highest BCUT2D eigenvalue weighted by Gasteiger charge is 2.23. The number of amides is 1. The van der Waals surface area contributed by atoms with Crippen LogP contribution in [0, 0.1) is 0 Å². The maximum Gasteiger partial charge on any atom is 0.264 e. The molecular formula is C18H15N3O2S. The van der Waals surface area contributed by atoms with Gasteiger partial charge in [-0.15, -0.1) is 0 Å². The molecule has 0 radical (unpaired) electrons. The molecule has 1 aliphatic rings. The summed E-state index contributed by atoms with van der Waals surface area (Å²) in [6, 6.07) is 11.1. The molecule has 1 aromatic carbocycles. The van der Waals surface area contributed by atoms with E-state index in [0.717, 1.165) is 11.3 Å². The number of nitrogens with one attached hydrogen (secondary N) is 1. The number of nitrogens with zero attached hydrogens (tertiary/aromatic N) is 2. The first-order valence-corrected chi connectivity index (χ1v) is 8.09. The third-order valence-electron chi connectivity index (χ3n) is 3.07. The van der Waals surface area contributed by atoms with Crippen LogP contribution >= 0.6 is 11.8 Å². The van der Waals surface area contributed by atoms with Gasteiger partial charge in [-0.25, -0.2) is 4.99 Å². The largest absolute Gasteiger partial charge is 0.490 e. The lowest BCUT2D eigenvalue weighted by Gasteiger charge is -2.03. The monoisotopic (exact) mass is 337 g/mol. The molecule has 5 nitrogen and oxygen atoms in total. The summed E-state index contributed by atoms with van der Waals surface area (Å²) < 4.78 is 5.44. The smallest absolute Gasteiger partial charge is 0.264 e. The second-order valence-electron chi connectivity index (χ2n) is 4.86. The van der Waals surface area contributed by atoms with Crippen LogP contribution in [0.25, 0.3) is 6.08 Å². The van der Waals surface area contributed by atoms with Crippen molar-refractivity contribution in [1.82, 2.24) is 10.3 Å². The van der Waals surface area contributed by atoms with Gasteiger partial charge in [-0.05, 0) is 47.7 Å². The first-order chi connectivity index (χ1) is 11.7. The molecule has 1 aromatic heterocycles. The molecule has 1 amide bonds. The second-order valence-corrected chi connectivity index (χ2v) is 5.89. The molecule has 1 aliphatic heterocycles. The molecule has 3 rings (SSSR count). The highest BCUT2D eigenvalue weighted by molar-refractivity contribution is 8.18. The van der Waals surface area contributed by atoms with Crippen molar-refractivity contribution in [3.63, 3.8) is 0 Å². The Morgan fingerprint density at radius 1 is 1.29 bits per heavy atom. The molecule has 0 saturated carbocycles. The van der Waals surface area contributed by atoms with Crippen molar-refractivity contribution in [1.29, 1.82) is 0 Å². The van der Waals surface area contributed by atoms with Crippen LogP contribution in [-0.2, 0) is 4.79 Å². The number of aliphatic imine (C=N–C) groups is 1. The van der Waals surface area contributed by atoms with Crippen LogP contribution in [0.3, 0.4) is 0 Å². The van der Waals surface area contributed by atoms with Gasteiger partial charge in [-0.1, -0.05) is 24.8 Å². The number of amidine groups is 1. The zero-order chi connectivity index (χ0) is 16.8. The fourth-order valence-corrected chi connectivity index (χ4v) is 2.83. The molecule has 6 heteroatoms. The second kappa shape index (κ2) is 7.61. The Labute approximate surface area is 144 Å². The Bertz CT molecular complexity index is 799. The van der Waals surface area contributed by atoms with Gasteiger partial charge in [-0.2, -0.15) is 0 Å². The van der Waals surface area contributed by atoms with Gasteiger partial charge in [0.2, 0.25) is 0 Å². The number of ether oxygens (including phenoxy) is 1. The van der Waals surface area contributed by atoms with Crippen molar-refractivity contribution >= 4 is 34.6 Å². The number of thioether (sulfide) groups is 1. The standard InChI is InChI=1S/C18H15N3O2S/c1-2-10-23-15-7-5-13(6-8-15)11-16-17(22)21-18(24-16)20-14-4-3-9-19-12-14/h2-9,11-12H,1,10H2,(H,20,21,22). The Morgan fingerprint density at radius 2 is 2.12 bits per heavy atom. The summed E-state index contributed by atoms with van der Waals surface area (Å²) in [7, 11) is 0. The van der Waals surface area contributed by atoms with E-state index in [9.17, 15) is 4.79 Å². The lowest BCUT2D eigenvalue weighted by molar-refractivity contribution is -0.115. The summed E-state index contributed by atoms with van der Waals surface area (Å²) in [6.07, 6.45) is 6.84. The van der Waals surface area contributed by atoms with Crippen LogP contribution in [0.5, 0.6) is 5.75 Å². The van der Waals surface area contributed by atoms with Gasteiger partial charge >= 0.3 is 0 Å². The van der Waals surface area contributed by atoms with Crippen LogP contribution in [0.15, 0.2) is 71.3 Å². The highest BCUT2D eigenvalue weighted by Crippen LogP contribution is 2.28. The number of pyridine rings is 1. The number of aromatic nitrogens is 1. The minimum absolute atomic E-state index is 0.158. The molecule has 0 bridgehead atoms. The van der Waals surface area contributed by atoms with E-state index in [2.05, 4.69) is 21.9 Å². The maximum absolute atomic E-state index is 12.1. The Morgan fingerprint density at radius 3 is 2.83 bits per heavy atom. The Hall–Kier alpha value is -2.86. The van der Waals surface area contributed by atoms with Gasteiger partial charge in [0.25, 0.3) is 5.91 Å². The Balaban J connectivity index is 1.72. The number of carbonyl (C=O) groups excluding carboxylic acids is 1. The van der Waals surface area contributed by atoms with E-state index < -0.39 is 0 Å². The van der Waals surface area contributed by atoms with Gasteiger partial charge in [0.15, 0.2) is 5.17 Å². The van der Waals surface area contributed by atoms with Crippen LogP contribution in [0.1, 0.15) is 5.56 Å². The van der Waals surface area contributed by atoms with Gasteiger partial charge in [0.05, 0.1) is 16.8 Å². The fraction of sp³-hybridized carbons (Fsp3) is 0.0556. The lowest BCUT2D eigenvalue weighted by atomic mass is 10.2. The van der Waals surface area contributed by atoms with E-state index in [1.165, 1.54) is 11.8 Å². The number of benzene rings is 1. The molecule has 0 atom stereocenters. The summed E-state index contributed by atoms with van der Waals surface area (Å²) in [5.41, 5.74) is 1.62. The zero-order valence-electron chi connectivity index (χ0n) is 12.8. The summed E-state index contributed by atoms with van der Waals surface area (Å²) in [6.45, 7) is 4.08. The first-order valence-electron chi connectivity index (χ1n) is 7.28. The molecule has 2 heterocycles. The van der Waals surface area contributed by atoms with Crippen molar-refractivity contribution < 1.29 is 9.53 Å². The van der Waals surface area contributed by atoms with E-state index in [0.29, 0.717) is 22.4 Å². The van der Waals surface area contributed by atoms with Crippen molar-refractivity contribution in [2.45, 2.75) is 0 Å². The summed E-state index contributed by atoms with van der Waals surface area (Å²) in [5, 5.41) is 3.30. The molecule has 24 heavy (non-hydrogen) atoms. The zero-order valence-corrected chi connectivity index (χ0v) is 13.6. The van der Waals surface area contributed by atoms with Crippen LogP contribution in [0.4, 0.5) is 5.69 Å². The van der Waals surface area contributed by atoms with Crippen LogP contribution in [-0.4, -0.2) is 22.7 Å². The van der Waals surface area contributed by atoms with Crippen LogP contribution < -0.4 is 10.1 Å². The van der Waals surface area contributed by atoms with Crippen molar-refractivity contribution in [2.75, 3.05) is 6.61 Å². The average molecular weight is 337 g/mol. The number of hydrogen-bond donors (Lipinski definition) is 1. The summed E-state index contributed by atoms with van der Waals surface area (Å²) >= 11 is 1.30. The normalized spacial score (nSPS) is 17.1. The Kier molecular flexibility index (Phi) is 5.08. The fourth-order valence-electron chi connectivity index (χ4n) is 1.98. The maximum atomic E-state index is 12.1. The van der Waals surface area contributed by atoms with Gasteiger partial charge < -0.3 is 10.1 Å². The van der Waals surface area contributed by atoms with E-state index in [-0.39, 0.29) is 5.91 Å². The van der Waals surface area contributed by atoms with E-state index in [1.54, 1.807) is 24.5 Å². The van der Waals surface area contributed by atoms with Gasteiger partial charge in [0.1, 0.15) is 12.4 Å². The molecule has 1 fully saturated rings. The third kappa shape index (κ3) is 4.11. The molecule has 1 N–H and O–H groups in total. The van der Waals surface area contributed by atoms with Crippen molar-refractivity contribution in [3.05, 3.63) is 71.9 Å². The first kappa shape index (κ1) is 16.0. The topological polar surface area (TPSA) is 63.6 Å². The highest BCUT2D eigenvalue weighted by atomic mass is 32.2.